The summed E-state index contributed by atoms with van der Waals surface area (Å²) < 4.78 is 4.71. The number of pyridine rings is 1. The van der Waals surface area contributed by atoms with Gasteiger partial charge < -0.3 is 9.13 Å². The summed E-state index contributed by atoms with van der Waals surface area (Å²) in [6.45, 7) is 0. The second-order valence-corrected chi connectivity index (χ2v) is 27.2. The Morgan fingerprint density at radius 3 is 1.68 bits per heavy atom. The monoisotopic (exact) mass is 978 g/mol. The van der Waals surface area contributed by atoms with Gasteiger partial charge in [0, 0.05) is 35.3 Å². The Kier molecular flexibility index (Phi) is 10.5. The Labute approximate surface area is 433 Å². The summed E-state index contributed by atoms with van der Waals surface area (Å²) >= 11 is 0. The second-order valence-electron chi connectivity index (χ2n) is 19.7. The quantitative estimate of drug-likeness (QED) is 0.107. The largest absolute Gasteiger partial charge is 0.327 e. The molecule has 350 valence electrons. The molecule has 14 rings (SSSR count). The molecule has 6 heteroatoms. The van der Waals surface area contributed by atoms with Crippen LogP contribution in [0.1, 0.15) is 22.7 Å². The minimum absolute atomic E-state index is 0.179. The Morgan fingerprint density at radius 1 is 0.432 bits per heavy atom. The van der Waals surface area contributed by atoms with Crippen LogP contribution in [0.2, 0.25) is 0 Å². The molecular weight excluding hydrogens is 929 g/mol. The number of aromatic nitrogens is 4. The summed E-state index contributed by atoms with van der Waals surface area (Å²) in [5, 5.41) is 13.1. The highest BCUT2D eigenvalue weighted by Crippen LogP contribution is 2.40. The van der Waals surface area contributed by atoms with Crippen molar-refractivity contribution in [2.24, 2.45) is 7.05 Å². The van der Waals surface area contributed by atoms with E-state index in [1.54, 1.807) is 0 Å². The standard InChI is InChI=1S/C68H50N4Si2/c1-71-62-41-20-18-39-60(62)70-68(71)49-25-22-37-56(45-49)73(51-28-9-3-10-29-51,52-30-11-4-12-31-52)55-36-21-24-48(44-55)66-59-46-58-57-38-17-19-40-61(57)72(50-26-7-2-8-27-50)63(58)47-65(59)74(53-32-13-5-14-33-53,54-34-15-6-16-35-54)64-42-23-43-69-67(64)66/h2-47,66H,1H3. The van der Waals surface area contributed by atoms with E-state index in [9.17, 15) is 0 Å². The normalized spacial score (nSPS) is 14.0. The van der Waals surface area contributed by atoms with E-state index in [-0.39, 0.29) is 5.92 Å². The molecule has 1 aliphatic rings. The highest BCUT2D eigenvalue weighted by molar-refractivity contribution is 7.21. The van der Waals surface area contributed by atoms with Crippen LogP contribution in [0.3, 0.4) is 0 Å². The zero-order valence-electron chi connectivity index (χ0n) is 40.9. The van der Waals surface area contributed by atoms with Gasteiger partial charge in [0.1, 0.15) is 5.82 Å². The number of aryl methyl sites for hydroxylation is 1. The number of fused-ring (bicyclic) bond motifs is 6. The van der Waals surface area contributed by atoms with Crippen LogP contribution >= 0.6 is 0 Å². The molecule has 3 aromatic heterocycles. The Hall–Kier alpha value is -8.95. The Morgan fingerprint density at radius 2 is 1.00 bits per heavy atom. The van der Waals surface area contributed by atoms with E-state index in [1.165, 1.54) is 74.4 Å². The zero-order valence-corrected chi connectivity index (χ0v) is 42.9. The molecule has 0 spiro atoms. The lowest BCUT2D eigenvalue weighted by molar-refractivity contribution is 0.929. The van der Waals surface area contributed by atoms with Crippen molar-refractivity contribution in [2.75, 3.05) is 0 Å². The van der Waals surface area contributed by atoms with E-state index in [4.69, 9.17) is 9.97 Å². The van der Waals surface area contributed by atoms with Crippen molar-refractivity contribution in [3.05, 3.63) is 296 Å². The molecule has 1 atom stereocenters. The predicted octanol–water partition coefficient (Wildman–Crippen LogP) is 9.98. The molecule has 0 saturated heterocycles. The number of hydrogen-bond donors (Lipinski definition) is 0. The first-order valence-electron chi connectivity index (χ1n) is 25.6. The van der Waals surface area contributed by atoms with Gasteiger partial charge >= 0.3 is 0 Å². The minimum Gasteiger partial charge on any atom is -0.327 e. The fourth-order valence-corrected chi connectivity index (χ4v) is 22.9. The van der Waals surface area contributed by atoms with Gasteiger partial charge in [-0.2, -0.15) is 0 Å². The summed E-state index contributed by atoms with van der Waals surface area (Å²) in [7, 11) is -4.05. The molecule has 4 nitrogen and oxygen atoms in total. The number of hydrogen-bond acceptors (Lipinski definition) is 2. The van der Waals surface area contributed by atoms with Crippen LogP contribution in [0.25, 0.3) is 49.9 Å². The van der Waals surface area contributed by atoms with Gasteiger partial charge in [-0.05, 0) is 101 Å². The average molecular weight is 979 g/mol. The van der Waals surface area contributed by atoms with Gasteiger partial charge in [0.05, 0.1) is 33.7 Å². The number of rotatable bonds is 9. The maximum atomic E-state index is 5.59. The van der Waals surface area contributed by atoms with Crippen molar-refractivity contribution in [1.29, 1.82) is 0 Å². The molecule has 10 aromatic carbocycles. The van der Waals surface area contributed by atoms with Crippen molar-refractivity contribution < 1.29 is 0 Å². The summed E-state index contributed by atoms with van der Waals surface area (Å²) in [4.78, 5) is 10.8. The Balaban J connectivity index is 1.08. The molecule has 1 unspecified atom stereocenters. The first kappa shape index (κ1) is 43.8. The minimum atomic E-state index is -3.10. The average Bonchev–Trinajstić information content (AvgIpc) is 3.99. The van der Waals surface area contributed by atoms with Crippen LogP contribution in [-0.2, 0) is 7.05 Å². The lowest BCUT2D eigenvalue weighted by Crippen LogP contribution is -2.78. The molecule has 0 amide bonds. The van der Waals surface area contributed by atoms with Crippen LogP contribution in [-0.4, -0.2) is 35.2 Å². The molecule has 0 fully saturated rings. The van der Waals surface area contributed by atoms with Crippen LogP contribution in [0.15, 0.2) is 279 Å². The predicted molar refractivity (Wildman–Crippen MR) is 313 cm³/mol. The fraction of sp³-hybridized carbons (Fsp3) is 0.0294. The first-order chi connectivity index (χ1) is 36.6. The molecule has 1 aliphatic heterocycles. The fourth-order valence-electron chi connectivity index (χ4n) is 12.8. The zero-order chi connectivity index (χ0) is 49.2. The lowest BCUT2D eigenvalue weighted by Gasteiger charge is -2.43. The molecular formula is C68H50N4Si2. The summed E-state index contributed by atoms with van der Waals surface area (Å²) in [6.07, 6.45) is 2.02. The summed E-state index contributed by atoms with van der Waals surface area (Å²) in [5.74, 6) is 0.777. The number of para-hydroxylation sites is 4. The third-order valence-corrected chi connectivity index (χ3v) is 25.5. The summed E-state index contributed by atoms with van der Waals surface area (Å²) in [5.41, 5.74) is 10.4. The summed E-state index contributed by atoms with van der Waals surface area (Å²) in [6, 6.07) is 102. The first-order valence-corrected chi connectivity index (χ1v) is 29.6. The van der Waals surface area contributed by atoms with Gasteiger partial charge in [-0.3, -0.25) is 4.98 Å². The molecule has 0 N–H and O–H groups in total. The van der Waals surface area contributed by atoms with Crippen molar-refractivity contribution in [2.45, 2.75) is 5.92 Å². The molecule has 13 aromatic rings. The molecule has 74 heavy (non-hydrogen) atoms. The van der Waals surface area contributed by atoms with E-state index in [1.807, 2.05) is 6.20 Å². The smallest absolute Gasteiger partial charge is 0.181 e. The third-order valence-electron chi connectivity index (χ3n) is 15.9. The third kappa shape index (κ3) is 6.58. The van der Waals surface area contributed by atoms with E-state index in [2.05, 4.69) is 289 Å². The van der Waals surface area contributed by atoms with Crippen molar-refractivity contribution in [1.82, 2.24) is 19.1 Å². The van der Waals surface area contributed by atoms with Crippen LogP contribution in [0, 0.1) is 0 Å². The van der Waals surface area contributed by atoms with E-state index >= 15 is 0 Å². The topological polar surface area (TPSA) is 35.6 Å². The van der Waals surface area contributed by atoms with Gasteiger partial charge in [-0.1, -0.05) is 224 Å². The van der Waals surface area contributed by atoms with Crippen molar-refractivity contribution in [3.63, 3.8) is 0 Å². The van der Waals surface area contributed by atoms with E-state index < -0.39 is 16.1 Å². The van der Waals surface area contributed by atoms with Gasteiger partial charge in [0.2, 0.25) is 0 Å². The van der Waals surface area contributed by atoms with Gasteiger partial charge in [-0.15, -0.1) is 0 Å². The molecule has 0 aliphatic carbocycles. The maximum Gasteiger partial charge on any atom is 0.181 e. The second kappa shape index (κ2) is 17.7. The number of benzene rings is 10. The molecule has 0 saturated carbocycles. The van der Waals surface area contributed by atoms with Crippen LogP contribution < -0.4 is 41.5 Å². The SMILES string of the molecule is Cn1c(-c2cccc([Si](c3ccccc3)(c3ccccc3)c3cccc(C4c5cc6c7ccccc7n(-c7ccccc7)c6cc5[Si](c5ccccc5)(c5ccccc5)c5cccnc54)c3)c2)nc2ccccc21. The van der Waals surface area contributed by atoms with Gasteiger partial charge in [0.25, 0.3) is 0 Å². The van der Waals surface area contributed by atoms with E-state index in [0.717, 1.165) is 33.8 Å². The van der Waals surface area contributed by atoms with Crippen LogP contribution in [0.5, 0.6) is 0 Å². The van der Waals surface area contributed by atoms with E-state index in [0.29, 0.717) is 0 Å². The maximum absolute atomic E-state index is 5.59. The van der Waals surface area contributed by atoms with Gasteiger partial charge in [0.15, 0.2) is 16.1 Å². The van der Waals surface area contributed by atoms with Crippen molar-refractivity contribution in [3.8, 4) is 17.1 Å². The number of nitrogens with zero attached hydrogens (tertiary/aromatic N) is 4. The molecule has 0 bridgehead atoms. The molecule has 4 heterocycles. The highest BCUT2D eigenvalue weighted by Gasteiger charge is 2.51. The van der Waals surface area contributed by atoms with Crippen molar-refractivity contribution >= 4 is 90.5 Å². The lowest BCUT2D eigenvalue weighted by atomic mass is 9.86. The number of imidazole rings is 1. The Bertz CT molecular complexity index is 4130. The highest BCUT2D eigenvalue weighted by atomic mass is 28.3. The molecule has 0 radical (unpaired) electrons. The van der Waals surface area contributed by atoms with Gasteiger partial charge in [-0.25, -0.2) is 4.98 Å². The van der Waals surface area contributed by atoms with Crippen LogP contribution in [0.4, 0.5) is 0 Å².